The second-order valence-corrected chi connectivity index (χ2v) is 9.04. The average molecular weight is 414 g/mol. The summed E-state index contributed by atoms with van der Waals surface area (Å²) >= 11 is 3.40. The number of rotatable bonds is 8. The number of halogens is 1. The topological polar surface area (TPSA) is 41.9 Å². The first-order valence-corrected chi connectivity index (χ1v) is 9.92. The summed E-state index contributed by atoms with van der Waals surface area (Å²) in [6.45, 7) is 11.0. The van der Waals surface area contributed by atoms with Gasteiger partial charge in [0.15, 0.2) is 0 Å². The lowest BCUT2D eigenvalue weighted by Gasteiger charge is -2.53. The van der Waals surface area contributed by atoms with Gasteiger partial charge in [-0.2, -0.15) is 0 Å². The molecule has 0 radical (unpaired) electrons. The van der Waals surface area contributed by atoms with Crippen molar-refractivity contribution < 1.29 is 14.6 Å². The molecule has 0 amide bonds. The normalized spacial score (nSPS) is 21.0. The highest BCUT2D eigenvalue weighted by molar-refractivity contribution is 9.10. The molecule has 1 aliphatic rings. The molecular weight excluding hydrogens is 382 g/mol. The summed E-state index contributed by atoms with van der Waals surface area (Å²) in [5.74, 6) is 0.823. The van der Waals surface area contributed by atoms with Crippen molar-refractivity contribution in [3.63, 3.8) is 0 Å². The average Bonchev–Trinajstić information content (AvgIpc) is 2.52. The summed E-state index contributed by atoms with van der Waals surface area (Å²) in [4.78, 5) is 2.44. The number of hydrogen-bond donors (Lipinski definition) is 1. The Balaban J connectivity index is 1.69. The van der Waals surface area contributed by atoms with Crippen LogP contribution in [0.4, 0.5) is 0 Å². The molecule has 1 aliphatic heterocycles. The van der Waals surface area contributed by atoms with Crippen molar-refractivity contribution in [2.75, 3.05) is 26.4 Å². The molecule has 142 valence electrons. The fraction of sp³-hybridized carbons (Fsp3) is 0.700. The van der Waals surface area contributed by atoms with Crippen molar-refractivity contribution in [1.29, 1.82) is 0 Å². The van der Waals surface area contributed by atoms with Crippen molar-refractivity contribution in [2.45, 2.75) is 64.1 Å². The van der Waals surface area contributed by atoms with E-state index < -0.39 is 6.10 Å². The van der Waals surface area contributed by atoms with E-state index in [1.807, 2.05) is 24.3 Å². The lowest BCUT2D eigenvalue weighted by molar-refractivity contribution is -0.0710. The number of aliphatic hydroxyl groups excluding tert-OH is 1. The van der Waals surface area contributed by atoms with Gasteiger partial charge < -0.3 is 14.6 Å². The third-order valence-electron chi connectivity index (χ3n) is 5.05. The van der Waals surface area contributed by atoms with E-state index in [1.54, 1.807) is 0 Å². The predicted molar refractivity (Wildman–Crippen MR) is 105 cm³/mol. The number of ether oxygens (including phenoxy) is 2. The van der Waals surface area contributed by atoms with Crippen LogP contribution in [0.2, 0.25) is 0 Å². The predicted octanol–water partition coefficient (Wildman–Crippen LogP) is 4.25. The lowest BCUT2D eigenvalue weighted by Crippen LogP contribution is -2.60. The van der Waals surface area contributed by atoms with Crippen LogP contribution in [0.3, 0.4) is 0 Å². The van der Waals surface area contributed by atoms with E-state index in [9.17, 15) is 5.11 Å². The highest BCUT2D eigenvalue weighted by Gasteiger charge is 2.41. The fourth-order valence-corrected chi connectivity index (χ4v) is 4.03. The summed E-state index contributed by atoms with van der Waals surface area (Å²) in [6.07, 6.45) is 3.11. The summed E-state index contributed by atoms with van der Waals surface area (Å²) in [5.41, 5.74) is 0.237. The van der Waals surface area contributed by atoms with Crippen LogP contribution < -0.4 is 4.74 Å². The molecule has 25 heavy (non-hydrogen) atoms. The Morgan fingerprint density at radius 2 is 1.68 bits per heavy atom. The van der Waals surface area contributed by atoms with Crippen molar-refractivity contribution >= 4 is 15.9 Å². The van der Waals surface area contributed by atoms with Gasteiger partial charge in [0.2, 0.25) is 0 Å². The zero-order valence-corrected chi connectivity index (χ0v) is 17.5. The monoisotopic (exact) mass is 413 g/mol. The van der Waals surface area contributed by atoms with E-state index >= 15 is 0 Å². The highest BCUT2D eigenvalue weighted by atomic mass is 79.9. The molecule has 2 rings (SSSR count). The minimum atomic E-state index is -0.482. The molecule has 0 aromatic heterocycles. The van der Waals surface area contributed by atoms with E-state index in [0.29, 0.717) is 26.4 Å². The first-order valence-electron chi connectivity index (χ1n) is 9.13. The van der Waals surface area contributed by atoms with Gasteiger partial charge in [-0.3, -0.25) is 4.90 Å². The van der Waals surface area contributed by atoms with Gasteiger partial charge in [-0.15, -0.1) is 0 Å². The number of aliphatic hydroxyl groups is 1. The molecular formula is C20H32BrNO3. The van der Waals surface area contributed by atoms with E-state index in [2.05, 4.69) is 48.5 Å². The molecule has 0 bridgehead atoms. The Morgan fingerprint density at radius 3 is 2.28 bits per heavy atom. The minimum absolute atomic E-state index is 0.118. The van der Waals surface area contributed by atoms with E-state index in [0.717, 1.165) is 10.2 Å². The summed E-state index contributed by atoms with van der Waals surface area (Å²) in [6, 6.07) is 7.73. The molecule has 1 saturated heterocycles. The SMILES string of the molecule is CC1(C)CCCC(C)(C)N1C[C@@H](O)COCCOc1ccc(Br)cc1. The van der Waals surface area contributed by atoms with E-state index in [-0.39, 0.29) is 11.1 Å². The van der Waals surface area contributed by atoms with Gasteiger partial charge in [0.1, 0.15) is 12.4 Å². The molecule has 0 spiro atoms. The Bertz CT molecular complexity index is 514. The van der Waals surface area contributed by atoms with Crippen LogP contribution in [-0.4, -0.2) is 53.6 Å². The van der Waals surface area contributed by atoms with Crippen molar-refractivity contribution in [3.8, 4) is 5.75 Å². The minimum Gasteiger partial charge on any atom is -0.491 e. The number of hydrogen-bond acceptors (Lipinski definition) is 4. The fourth-order valence-electron chi connectivity index (χ4n) is 3.77. The number of nitrogens with zero attached hydrogens (tertiary/aromatic N) is 1. The maximum atomic E-state index is 10.4. The number of piperidine rings is 1. The molecule has 4 nitrogen and oxygen atoms in total. The summed E-state index contributed by atoms with van der Waals surface area (Å²) in [7, 11) is 0. The van der Waals surface area contributed by atoms with Crippen LogP contribution in [0, 0.1) is 0 Å². The van der Waals surface area contributed by atoms with Crippen LogP contribution in [0.5, 0.6) is 5.75 Å². The largest absolute Gasteiger partial charge is 0.491 e. The van der Waals surface area contributed by atoms with Crippen molar-refractivity contribution in [1.82, 2.24) is 4.90 Å². The summed E-state index contributed by atoms with van der Waals surface area (Å²) < 4.78 is 12.3. The molecule has 1 aromatic carbocycles. The van der Waals surface area contributed by atoms with Crippen LogP contribution in [0.1, 0.15) is 47.0 Å². The molecule has 0 aliphatic carbocycles. The molecule has 1 fully saturated rings. The zero-order valence-electron chi connectivity index (χ0n) is 15.9. The lowest BCUT2D eigenvalue weighted by atomic mass is 9.79. The second kappa shape index (κ2) is 8.85. The first kappa shape index (κ1) is 20.7. The van der Waals surface area contributed by atoms with Gasteiger partial charge in [-0.1, -0.05) is 15.9 Å². The van der Waals surface area contributed by atoms with Crippen LogP contribution >= 0.6 is 15.9 Å². The maximum Gasteiger partial charge on any atom is 0.119 e. The third kappa shape index (κ3) is 6.24. The van der Waals surface area contributed by atoms with Crippen molar-refractivity contribution in [3.05, 3.63) is 28.7 Å². The number of benzene rings is 1. The summed E-state index contributed by atoms with van der Waals surface area (Å²) in [5, 5.41) is 10.4. The Morgan fingerprint density at radius 1 is 1.08 bits per heavy atom. The van der Waals surface area contributed by atoms with Gasteiger partial charge in [-0.05, 0) is 71.2 Å². The molecule has 0 saturated carbocycles. The smallest absolute Gasteiger partial charge is 0.119 e. The van der Waals surface area contributed by atoms with Gasteiger partial charge >= 0.3 is 0 Å². The van der Waals surface area contributed by atoms with E-state index in [4.69, 9.17) is 9.47 Å². The van der Waals surface area contributed by atoms with Crippen molar-refractivity contribution in [2.24, 2.45) is 0 Å². The van der Waals surface area contributed by atoms with Crippen LogP contribution in [0.25, 0.3) is 0 Å². The zero-order chi connectivity index (χ0) is 18.5. The molecule has 1 N–H and O–H groups in total. The van der Waals surface area contributed by atoms with Gasteiger partial charge in [0.25, 0.3) is 0 Å². The van der Waals surface area contributed by atoms with Gasteiger partial charge in [-0.25, -0.2) is 0 Å². The Hall–Kier alpha value is -0.620. The van der Waals surface area contributed by atoms with Crippen LogP contribution in [-0.2, 0) is 4.74 Å². The molecule has 5 heteroatoms. The molecule has 1 heterocycles. The van der Waals surface area contributed by atoms with Gasteiger partial charge in [0, 0.05) is 22.1 Å². The quantitative estimate of drug-likeness (QED) is 0.646. The molecule has 1 aromatic rings. The Kier molecular flexibility index (Phi) is 7.32. The number of β-amino-alcohol motifs (C(OH)–C–C–N with tert-alkyl or cyclic N) is 1. The highest BCUT2D eigenvalue weighted by Crippen LogP contribution is 2.38. The van der Waals surface area contributed by atoms with Gasteiger partial charge in [0.05, 0.1) is 19.3 Å². The number of likely N-dealkylation sites (tertiary alicyclic amines) is 1. The molecule has 1 atom stereocenters. The second-order valence-electron chi connectivity index (χ2n) is 8.12. The maximum absolute atomic E-state index is 10.4. The standard InChI is InChI=1S/C20H32BrNO3/c1-19(2)10-5-11-20(3,4)22(19)14-17(23)15-24-12-13-25-18-8-6-16(21)7-9-18/h6-9,17,23H,5,10-15H2,1-4H3/t17-/m1/s1. The Labute approximate surface area is 160 Å². The molecule has 0 unspecified atom stereocenters. The van der Waals surface area contributed by atoms with E-state index in [1.165, 1.54) is 19.3 Å². The first-order chi connectivity index (χ1) is 11.7. The third-order valence-corrected chi connectivity index (χ3v) is 5.58. The van der Waals surface area contributed by atoms with Crippen LogP contribution in [0.15, 0.2) is 28.7 Å².